The monoisotopic (exact) mass is 706 g/mol. The first-order chi connectivity index (χ1) is 23.1. The van der Waals surface area contributed by atoms with Crippen molar-refractivity contribution in [1.82, 2.24) is 0 Å². The molecule has 0 radical (unpaired) electrons. The number of aliphatic carboxylic acids is 1. The van der Waals surface area contributed by atoms with E-state index in [9.17, 15) is 29.7 Å². The quantitative estimate of drug-likeness (QED) is 0.153. The van der Waals surface area contributed by atoms with Gasteiger partial charge in [0.15, 0.2) is 10.6 Å². The number of hydrogen-bond donors (Lipinski definition) is 3. The summed E-state index contributed by atoms with van der Waals surface area (Å²) in [7, 11) is 0. The molecule has 8 heteroatoms. The predicted octanol–water partition coefficient (Wildman–Crippen LogP) is 9.57. The molecular weight excluding hydrogens is 649 g/mol. The van der Waals surface area contributed by atoms with Crippen molar-refractivity contribution in [3.8, 4) is 17.6 Å². The number of carboxylic acid groups (broad SMARTS) is 2. The summed E-state index contributed by atoms with van der Waals surface area (Å²) in [4.78, 5) is 36.3. The first-order valence-corrected chi connectivity index (χ1v) is 19.7. The largest absolute Gasteiger partial charge is 0.505 e. The first-order valence-electron chi connectivity index (χ1n) is 18.8. The molecule has 0 aromatic carbocycles. The van der Waals surface area contributed by atoms with Gasteiger partial charge in [0.25, 0.3) is 0 Å². The van der Waals surface area contributed by atoms with Gasteiger partial charge in [-0.25, -0.2) is 4.79 Å². The smallest absolute Gasteiger partial charge is 0.349 e. The molecule has 0 saturated heterocycles. The number of esters is 1. The number of carbonyl (C=O) groups is 3. The van der Waals surface area contributed by atoms with Crippen molar-refractivity contribution in [3.05, 3.63) is 28.0 Å². The van der Waals surface area contributed by atoms with E-state index >= 15 is 0 Å². The van der Waals surface area contributed by atoms with Crippen LogP contribution in [0.15, 0.2) is 17.5 Å². The Morgan fingerprint density at radius 1 is 0.940 bits per heavy atom. The molecule has 10 atom stereocenters. The Morgan fingerprint density at radius 2 is 1.64 bits per heavy atom. The number of ether oxygens (including phenoxy) is 1. The average molecular weight is 707 g/mol. The van der Waals surface area contributed by atoms with Crippen LogP contribution in [0.3, 0.4) is 0 Å². The van der Waals surface area contributed by atoms with E-state index in [1.807, 2.05) is 0 Å². The van der Waals surface area contributed by atoms with Crippen LogP contribution in [-0.4, -0.2) is 39.3 Å². The lowest BCUT2D eigenvalue weighted by molar-refractivity contribution is -0.247. The lowest BCUT2D eigenvalue weighted by atomic mass is 9.32. The zero-order valence-corrected chi connectivity index (χ0v) is 32.2. The summed E-state index contributed by atoms with van der Waals surface area (Å²) in [5.74, 6) is 6.45. The fourth-order valence-corrected chi connectivity index (χ4v) is 13.7. The molecule has 274 valence electrons. The minimum Gasteiger partial charge on any atom is -0.505 e. The molecule has 7 nitrogen and oxygen atoms in total. The second-order valence-corrected chi connectivity index (χ2v) is 19.8. The van der Waals surface area contributed by atoms with Gasteiger partial charge in [-0.15, -0.1) is 11.3 Å². The highest BCUT2D eigenvalue weighted by molar-refractivity contribution is 7.12. The van der Waals surface area contributed by atoms with Crippen molar-refractivity contribution in [2.24, 2.45) is 62.1 Å². The molecule has 1 aromatic heterocycles. The minimum atomic E-state index is -1.16. The Bertz CT molecular complexity index is 1660. The van der Waals surface area contributed by atoms with Crippen LogP contribution in [0.2, 0.25) is 0 Å². The second-order valence-electron chi connectivity index (χ2n) is 18.9. The number of rotatable bonds is 6. The van der Waals surface area contributed by atoms with E-state index in [1.165, 1.54) is 5.57 Å². The van der Waals surface area contributed by atoms with Gasteiger partial charge in [0.1, 0.15) is 6.10 Å². The number of fused-ring (bicyclic) bond motifs is 7. The van der Waals surface area contributed by atoms with Gasteiger partial charge in [-0.3, -0.25) is 9.59 Å². The van der Waals surface area contributed by atoms with Crippen molar-refractivity contribution in [1.29, 1.82) is 0 Å². The van der Waals surface area contributed by atoms with E-state index in [1.54, 1.807) is 19.2 Å². The Hall–Kier alpha value is -2.79. The van der Waals surface area contributed by atoms with E-state index in [-0.39, 0.29) is 50.2 Å². The van der Waals surface area contributed by atoms with Crippen LogP contribution in [0.4, 0.5) is 0 Å². The van der Waals surface area contributed by atoms with Crippen molar-refractivity contribution >= 4 is 29.2 Å². The summed E-state index contributed by atoms with van der Waals surface area (Å²) in [6.45, 7) is 22.1. The molecule has 1 aromatic rings. The van der Waals surface area contributed by atoms with Gasteiger partial charge >= 0.3 is 17.9 Å². The van der Waals surface area contributed by atoms with E-state index in [0.717, 1.165) is 75.5 Å². The van der Waals surface area contributed by atoms with Crippen LogP contribution in [0.1, 0.15) is 141 Å². The molecule has 3 N–H and O–H groups in total. The molecule has 0 amide bonds. The zero-order chi connectivity index (χ0) is 36.8. The predicted molar refractivity (Wildman–Crippen MR) is 195 cm³/mol. The van der Waals surface area contributed by atoms with E-state index < -0.39 is 23.3 Å². The second kappa shape index (κ2) is 12.1. The number of thiophene rings is 1. The van der Waals surface area contributed by atoms with Gasteiger partial charge in [-0.1, -0.05) is 58.6 Å². The highest BCUT2D eigenvalue weighted by Crippen LogP contribution is 2.77. The summed E-state index contributed by atoms with van der Waals surface area (Å²) in [5, 5.41) is 31.4. The van der Waals surface area contributed by atoms with Gasteiger partial charge in [-0.2, -0.15) is 0 Å². The molecule has 5 aliphatic carbocycles. The van der Waals surface area contributed by atoms with Crippen LogP contribution < -0.4 is 0 Å². The maximum atomic E-state index is 13.1. The summed E-state index contributed by atoms with van der Waals surface area (Å²) in [6, 6.07) is 0. The molecule has 0 aliphatic heterocycles. The fourth-order valence-electron chi connectivity index (χ4n) is 13.0. The zero-order valence-electron chi connectivity index (χ0n) is 31.4. The van der Waals surface area contributed by atoms with Gasteiger partial charge in [-0.05, 0) is 131 Å². The normalized spacial score (nSPS) is 40.2. The molecule has 0 spiro atoms. The van der Waals surface area contributed by atoms with Crippen molar-refractivity contribution in [2.45, 2.75) is 132 Å². The minimum absolute atomic E-state index is 0.0568. The Morgan fingerprint density at radius 3 is 2.26 bits per heavy atom. The van der Waals surface area contributed by atoms with Gasteiger partial charge in [0.05, 0.1) is 17.4 Å². The van der Waals surface area contributed by atoms with Gasteiger partial charge in [0, 0.05) is 16.2 Å². The van der Waals surface area contributed by atoms with E-state index in [0.29, 0.717) is 35.2 Å². The maximum Gasteiger partial charge on any atom is 0.349 e. The standard InChI is InChI=1S/C42H58O7S/c1-24(2)26-13-19-42(18-12-25-23-50-34(33(25)44)35(45)46)21-20-40(8)27(32(26)42)10-11-29-39(7)16-15-30(49-31(43)22-37(3,4)36(47)48)38(5,6)28(39)14-17-41(29,40)9/h23,26-30,32,44H,1,10-11,13-17,19-22H2,2-9H3,(H,45,46)(H,47,48)/t26-,27?,28?,29?,30-,32?,39-,40+,41+,42+/m0/s1. The molecular formula is C42H58O7S. The molecule has 5 fully saturated rings. The van der Waals surface area contributed by atoms with Crippen LogP contribution in [0, 0.1) is 73.9 Å². The van der Waals surface area contributed by atoms with Crippen LogP contribution in [-0.2, 0) is 14.3 Å². The van der Waals surface area contributed by atoms with Crippen LogP contribution >= 0.6 is 11.3 Å². The third-order valence-corrected chi connectivity index (χ3v) is 16.8. The summed E-state index contributed by atoms with van der Waals surface area (Å²) >= 11 is 1.03. The molecule has 5 aliphatic rings. The van der Waals surface area contributed by atoms with Gasteiger partial charge < -0.3 is 20.1 Å². The third kappa shape index (κ3) is 5.38. The molecule has 5 saturated carbocycles. The van der Waals surface area contributed by atoms with Crippen molar-refractivity contribution < 1.29 is 34.4 Å². The van der Waals surface area contributed by atoms with Crippen molar-refractivity contribution in [3.63, 3.8) is 0 Å². The molecule has 1 heterocycles. The lowest BCUT2D eigenvalue weighted by Crippen LogP contribution is -2.66. The van der Waals surface area contributed by atoms with Crippen molar-refractivity contribution in [2.75, 3.05) is 0 Å². The number of carbonyl (C=O) groups excluding carboxylic acids is 1. The van der Waals surface area contributed by atoms with E-state index in [2.05, 4.69) is 60.0 Å². The Balaban J connectivity index is 1.29. The van der Waals surface area contributed by atoms with E-state index in [4.69, 9.17) is 4.74 Å². The Labute approximate surface area is 302 Å². The average Bonchev–Trinajstić information content (AvgIpc) is 3.58. The third-order valence-electron chi connectivity index (χ3n) is 15.9. The summed E-state index contributed by atoms with van der Waals surface area (Å²) in [6.07, 6.45) is 10.1. The number of hydrogen-bond acceptors (Lipinski definition) is 6. The highest BCUT2D eigenvalue weighted by Gasteiger charge is 2.71. The Kier molecular flexibility index (Phi) is 8.98. The molecule has 0 bridgehead atoms. The van der Waals surface area contributed by atoms with Crippen LogP contribution in [0.25, 0.3) is 0 Å². The number of carboxylic acids is 2. The molecule has 6 rings (SSSR count). The van der Waals surface area contributed by atoms with Crippen LogP contribution in [0.5, 0.6) is 5.75 Å². The number of aromatic carboxylic acids is 1. The number of aromatic hydroxyl groups is 1. The fraction of sp³-hybridized carbons (Fsp3) is 0.738. The number of allylic oxidation sites excluding steroid dienone is 1. The van der Waals surface area contributed by atoms with Gasteiger partial charge in [0.2, 0.25) is 0 Å². The molecule has 50 heavy (non-hydrogen) atoms. The summed E-state index contributed by atoms with van der Waals surface area (Å²) < 4.78 is 6.15. The summed E-state index contributed by atoms with van der Waals surface area (Å²) in [5.41, 5.74) is 0.440. The molecule has 4 unspecified atom stereocenters. The lowest BCUT2D eigenvalue weighted by Gasteiger charge is -2.72. The highest BCUT2D eigenvalue weighted by atomic mass is 32.1. The maximum absolute atomic E-state index is 13.1. The first kappa shape index (κ1) is 37.0. The topological polar surface area (TPSA) is 121 Å². The SMILES string of the molecule is C=C(C)[C@@H]1CC[C@]2(C#Cc3csc(C(=O)O)c3O)CC[C@]3(C)C(CCC4[C@@]5(C)CC[C@H](OC(=O)CC(C)(C)C(=O)O)C(C)(C)C5CC[C@]43C)C12.